The van der Waals surface area contributed by atoms with Gasteiger partial charge in [-0.3, -0.25) is 9.98 Å². The number of carbonyl (C=O) groups excluding carboxylic acids is 2. The van der Waals surface area contributed by atoms with E-state index >= 15 is 0 Å². The molecule has 0 spiro atoms. The molecule has 8 nitrogen and oxygen atoms in total. The van der Waals surface area contributed by atoms with Gasteiger partial charge < -0.3 is 19.7 Å². The quantitative estimate of drug-likeness (QED) is 0.295. The smallest absolute Gasteiger partial charge is 0.337 e. The van der Waals surface area contributed by atoms with Crippen molar-refractivity contribution in [1.29, 1.82) is 0 Å². The van der Waals surface area contributed by atoms with Crippen LogP contribution in [-0.2, 0) is 26.5 Å². The first-order valence-corrected chi connectivity index (χ1v) is 8.28. The SMILES string of the molecule is COC(=O)c1ccc(O)c(C=NCCN=Cc2cc(C(=O)OC)ccc2O)c1.[Fe]. The van der Waals surface area contributed by atoms with Crippen molar-refractivity contribution in [3.8, 4) is 11.5 Å². The summed E-state index contributed by atoms with van der Waals surface area (Å²) in [6.07, 6.45) is 2.87. The molecule has 0 unspecified atom stereocenters. The Bertz CT molecular complexity index is 852. The van der Waals surface area contributed by atoms with E-state index in [2.05, 4.69) is 19.5 Å². The fourth-order valence-electron chi connectivity index (χ4n) is 2.25. The monoisotopic (exact) mass is 440 g/mol. The van der Waals surface area contributed by atoms with Crippen molar-refractivity contribution >= 4 is 24.4 Å². The van der Waals surface area contributed by atoms with Gasteiger partial charge in [0.25, 0.3) is 0 Å². The number of phenols is 2. The number of phenolic OH excluding ortho intramolecular Hbond substituents is 2. The molecule has 0 aromatic heterocycles. The molecule has 0 saturated carbocycles. The van der Waals surface area contributed by atoms with Crippen molar-refractivity contribution in [1.82, 2.24) is 0 Å². The van der Waals surface area contributed by atoms with Gasteiger partial charge in [0.1, 0.15) is 11.5 Å². The van der Waals surface area contributed by atoms with Gasteiger partial charge in [-0.05, 0) is 36.4 Å². The standard InChI is InChI=1S/C20H20N2O6.Fe/c1-27-19(25)13-3-5-17(23)15(9-13)11-21-7-8-22-12-16-10-14(20(26)28-2)4-6-18(16)24;/h3-6,9-12,23-24H,7-8H2,1-2H3;. The molecule has 0 fully saturated rings. The number of aromatic hydroxyl groups is 2. The van der Waals surface area contributed by atoms with Crippen LogP contribution >= 0.6 is 0 Å². The molecule has 154 valence electrons. The van der Waals surface area contributed by atoms with E-state index in [0.29, 0.717) is 35.3 Å². The van der Waals surface area contributed by atoms with Crippen molar-refractivity contribution in [2.24, 2.45) is 9.98 Å². The van der Waals surface area contributed by atoms with E-state index in [1.807, 2.05) is 0 Å². The third-order valence-electron chi connectivity index (χ3n) is 3.72. The Morgan fingerprint density at radius 1 is 0.828 bits per heavy atom. The number of methoxy groups -OCH3 is 2. The fourth-order valence-corrected chi connectivity index (χ4v) is 2.25. The van der Waals surface area contributed by atoms with Crippen LogP contribution in [0.1, 0.15) is 31.8 Å². The number of hydrogen-bond donors (Lipinski definition) is 2. The number of ether oxygens (including phenoxy) is 2. The number of esters is 2. The van der Waals surface area contributed by atoms with Gasteiger partial charge >= 0.3 is 11.9 Å². The van der Waals surface area contributed by atoms with E-state index in [9.17, 15) is 19.8 Å². The van der Waals surface area contributed by atoms with Crippen molar-refractivity contribution < 1.29 is 46.3 Å². The minimum absolute atomic E-state index is 0. The molecule has 9 heteroatoms. The molecule has 29 heavy (non-hydrogen) atoms. The van der Waals surface area contributed by atoms with E-state index in [-0.39, 0.29) is 28.6 Å². The Balaban J connectivity index is 0.00000420. The zero-order chi connectivity index (χ0) is 20.5. The number of benzene rings is 2. The first-order chi connectivity index (χ1) is 13.5. The molecule has 0 saturated heterocycles. The maximum Gasteiger partial charge on any atom is 0.337 e. The topological polar surface area (TPSA) is 118 Å². The van der Waals surface area contributed by atoms with Gasteiger partial charge in [-0.1, -0.05) is 0 Å². The van der Waals surface area contributed by atoms with Crippen LogP contribution in [0.5, 0.6) is 11.5 Å². The summed E-state index contributed by atoms with van der Waals surface area (Å²) < 4.78 is 9.27. The molecule has 0 heterocycles. The minimum atomic E-state index is -0.506. The van der Waals surface area contributed by atoms with E-state index in [1.165, 1.54) is 63.0 Å². The van der Waals surface area contributed by atoms with Crippen LogP contribution < -0.4 is 0 Å². The van der Waals surface area contributed by atoms with Gasteiger partial charge in [-0.15, -0.1) is 0 Å². The fraction of sp³-hybridized carbons (Fsp3) is 0.200. The molecule has 0 radical (unpaired) electrons. The second kappa shape index (κ2) is 11.6. The zero-order valence-corrected chi connectivity index (χ0v) is 16.9. The Labute approximate surface area is 178 Å². The average molecular weight is 440 g/mol. The molecule has 2 N–H and O–H groups in total. The van der Waals surface area contributed by atoms with Gasteiger partial charge in [0.2, 0.25) is 0 Å². The van der Waals surface area contributed by atoms with Gasteiger partial charge in [0.05, 0.1) is 38.4 Å². The molecular weight excluding hydrogens is 420 g/mol. The van der Waals surface area contributed by atoms with E-state index in [4.69, 9.17) is 0 Å². The second-order valence-electron chi connectivity index (χ2n) is 5.60. The largest absolute Gasteiger partial charge is 0.507 e. The van der Waals surface area contributed by atoms with Crippen LogP contribution in [0.25, 0.3) is 0 Å². The average Bonchev–Trinajstić information content (AvgIpc) is 2.71. The first kappa shape index (κ1) is 23.9. The van der Waals surface area contributed by atoms with Crippen molar-refractivity contribution in [2.75, 3.05) is 27.3 Å². The van der Waals surface area contributed by atoms with Crippen LogP contribution in [0.2, 0.25) is 0 Å². The molecular formula is C20H20FeN2O6. The Morgan fingerprint density at radius 2 is 1.21 bits per heavy atom. The normalized spacial score (nSPS) is 10.7. The molecule has 0 amide bonds. The second-order valence-corrected chi connectivity index (χ2v) is 5.60. The number of nitrogens with zero attached hydrogens (tertiary/aromatic N) is 2. The molecule has 0 aliphatic carbocycles. The summed E-state index contributed by atoms with van der Waals surface area (Å²) in [6, 6.07) is 8.65. The van der Waals surface area contributed by atoms with Crippen LogP contribution in [-0.4, -0.2) is 61.9 Å². The molecule has 0 aliphatic heterocycles. The van der Waals surface area contributed by atoms with Crippen LogP contribution in [0.15, 0.2) is 46.4 Å². The summed E-state index contributed by atoms with van der Waals surface area (Å²) in [5, 5.41) is 19.6. The molecule has 2 aromatic rings. The third-order valence-corrected chi connectivity index (χ3v) is 3.72. The Morgan fingerprint density at radius 3 is 1.55 bits per heavy atom. The van der Waals surface area contributed by atoms with Crippen LogP contribution in [0.3, 0.4) is 0 Å². The van der Waals surface area contributed by atoms with Gasteiger partial charge in [-0.2, -0.15) is 0 Å². The van der Waals surface area contributed by atoms with Gasteiger partial charge in [0, 0.05) is 40.6 Å². The summed E-state index contributed by atoms with van der Waals surface area (Å²) in [6.45, 7) is 0.631. The van der Waals surface area contributed by atoms with Crippen molar-refractivity contribution in [3.63, 3.8) is 0 Å². The van der Waals surface area contributed by atoms with Gasteiger partial charge in [-0.25, -0.2) is 9.59 Å². The Hall–Kier alpha value is -3.16. The summed E-state index contributed by atoms with van der Waals surface area (Å²) in [7, 11) is 2.55. The van der Waals surface area contributed by atoms with Crippen LogP contribution in [0.4, 0.5) is 0 Å². The number of rotatable bonds is 7. The first-order valence-electron chi connectivity index (χ1n) is 8.28. The maximum absolute atomic E-state index is 11.5. The molecule has 2 aromatic carbocycles. The Kier molecular flexibility index (Phi) is 9.58. The number of carbonyl (C=O) groups is 2. The van der Waals surface area contributed by atoms with E-state index in [0.717, 1.165) is 0 Å². The summed E-state index contributed by atoms with van der Waals surface area (Å²) in [4.78, 5) is 31.4. The van der Waals surface area contributed by atoms with Crippen LogP contribution in [0, 0.1) is 0 Å². The number of aliphatic imine (C=N–C) groups is 2. The summed E-state index contributed by atoms with van der Waals surface area (Å²) in [5.41, 5.74) is 1.38. The van der Waals surface area contributed by atoms with E-state index < -0.39 is 11.9 Å². The molecule has 0 aliphatic rings. The number of hydrogen-bond acceptors (Lipinski definition) is 8. The summed E-state index contributed by atoms with van der Waals surface area (Å²) >= 11 is 0. The maximum atomic E-state index is 11.5. The molecule has 0 bridgehead atoms. The predicted molar refractivity (Wildman–Crippen MR) is 104 cm³/mol. The van der Waals surface area contributed by atoms with Crippen molar-refractivity contribution in [3.05, 3.63) is 58.7 Å². The van der Waals surface area contributed by atoms with E-state index in [1.54, 1.807) is 0 Å². The predicted octanol–water partition coefficient (Wildman–Crippen LogP) is 2.21. The van der Waals surface area contributed by atoms with Crippen molar-refractivity contribution in [2.45, 2.75) is 0 Å². The zero-order valence-electron chi connectivity index (χ0n) is 15.8. The summed E-state index contributed by atoms with van der Waals surface area (Å²) in [5.74, 6) is -1.03. The molecule has 0 atom stereocenters. The minimum Gasteiger partial charge on any atom is -0.507 e. The third kappa shape index (κ3) is 6.74. The molecule has 2 rings (SSSR count). The van der Waals surface area contributed by atoms with Gasteiger partial charge in [0.15, 0.2) is 0 Å².